The fourth-order valence-electron chi connectivity index (χ4n) is 0.860. The van der Waals surface area contributed by atoms with E-state index in [4.69, 9.17) is 5.41 Å². The quantitative estimate of drug-likeness (QED) is 0.346. The minimum absolute atomic E-state index is 0.711. The average molecular weight is 176 g/mol. The van der Waals surface area contributed by atoms with Crippen molar-refractivity contribution in [2.75, 3.05) is 24.6 Å². The minimum Gasteiger partial charge on any atom is -0.359 e. The third-order valence-electron chi connectivity index (χ3n) is 1.45. The van der Waals surface area contributed by atoms with Gasteiger partial charge < -0.3 is 4.90 Å². The molecule has 1 rings (SSSR count). The van der Waals surface area contributed by atoms with Gasteiger partial charge in [-0.1, -0.05) is 21.6 Å². The highest BCUT2D eigenvalue weighted by Gasteiger charge is 2.08. The fraction of sp³-hybridized carbons (Fsp3) is 0.833. The summed E-state index contributed by atoms with van der Waals surface area (Å²) in [6.07, 6.45) is 0. The standard InChI is InChI=1S/C6H12N2S2/c1-6(7)8-2-4-9-10-5-3-8/h7H,2-5H2,1H3. The summed E-state index contributed by atoms with van der Waals surface area (Å²) >= 11 is 0. The van der Waals surface area contributed by atoms with Gasteiger partial charge in [-0.25, -0.2) is 0 Å². The highest BCUT2D eigenvalue weighted by molar-refractivity contribution is 8.76. The lowest BCUT2D eigenvalue weighted by atomic mass is 10.5. The molecule has 2 nitrogen and oxygen atoms in total. The van der Waals surface area contributed by atoms with E-state index in [1.807, 2.05) is 28.5 Å². The largest absolute Gasteiger partial charge is 0.359 e. The molecule has 0 aromatic carbocycles. The number of amidine groups is 1. The zero-order valence-corrected chi connectivity index (χ0v) is 7.73. The number of nitrogens with one attached hydrogen (secondary N) is 1. The topological polar surface area (TPSA) is 27.1 Å². The van der Waals surface area contributed by atoms with Crippen LogP contribution in [0.3, 0.4) is 0 Å². The first-order chi connectivity index (χ1) is 4.80. The van der Waals surface area contributed by atoms with Crippen molar-refractivity contribution in [3.8, 4) is 0 Å². The van der Waals surface area contributed by atoms with Gasteiger partial charge in [0.25, 0.3) is 0 Å². The van der Waals surface area contributed by atoms with Crippen molar-refractivity contribution in [3.63, 3.8) is 0 Å². The first kappa shape index (κ1) is 8.27. The van der Waals surface area contributed by atoms with Crippen LogP contribution in [0.5, 0.6) is 0 Å². The highest BCUT2D eigenvalue weighted by Crippen LogP contribution is 2.23. The molecule has 0 radical (unpaired) electrons. The first-order valence-corrected chi connectivity index (χ1v) is 5.84. The molecule has 1 heterocycles. The van der Waals surface area contributed by atoms with Crippen molar-refractivity contribution in [1.29, 1.82) is 5.41 Å². The molecule has 10 heavy (non-hydrogen) atoms. The van der Waals surface area contributed by atoms with Crippen LogP contribution < -0.4 is 0 Å². The summed E-state index contributed by atoms with van der Waals surface area (Å²) in [4.78, 5) is 2.13. The van der Waals surface area contributed by atoms with E-state index < -0.39 is 0 Å². The molecular weight excluding hydrogens is 164 g/mol. The first-order valence-electron chi connectivity index (χ1n) is 3.35. The monoisotopic (exact) mass is 176 g/mol. The Morgan fingerprint density at radius 3 is 2.20 bits per heavy atom. The van der Waals surface area contributed by atoms with E-state index in [1.165, 1.54) is 0 Å². The summed E-state index contributed by atoms with van der Waals surface area (Å²) in [6, 6.07) is 0. The molecule has 0 atom stereocenters. The molecule has 0 spiro atoms. The van der Waals surface area contributed by atoms with E-state index in [1.54, 1.807) is 0 Å². The van der Waals surface area contributed by atoms with E-state index in [2.05, 4.69) is 4.90 Å². The van der Waals surface area contributed by atoms with Crippen LogP contribution in [0.1, 0.15) is 6.92 Å². The van der Waals surface area contributed by atoms with E-state index in [0.29, 0.717) is 5.84 Å². The van der Waals surface area contributed by atoms with Crippen molar-refractivity contribution < 1.29 is 0 Å². The molecule has 0 aromatic rings. The van der Waals surface area contributed by atoms with Crippen LogP contribution in [-0.2, 0) is 0 Å². The van der Waals surface area contributed by atoms with Crippen molar-refractivity contribution in [3.05, 3.63) is 0 Å². The molecule has 1 N–H and O–H groups in total. The molecule has 0 aromatic heterocycles. The van der Waals surface area contributed by atoms with Crippen molar-refractivity contribution in [2.24, 2.45) is 0 Å². The van der Waals surface area contributed by atoms with Crippen molar-refractivity contribution in [2.45, 2.75) is 6.92 Å². The van der Waals surface area contributed by atoms with Gasteiger partial charge >= 0.3 is 0 Å². The molecular formula is C6H12N2S2. The van der Waals surface area contributed by atoms with Gasteiger partial charge in [-0.05, 0) is 6.92 Å². The SMILES string of the molecule is CC(=N)N1CCSSCC1. The smallest absolute Gasteiger partial charge is 0.0926 e. The van der Waals surface area contributed by atoms with E-state index >= 15 is 0 Å². The lowest BCUT2D eigenvalue weighted by molar-refractivity contribution is 0.469. The maximum absolute atomic E-state index is 7.39. The zero-order chi connectivity index (χ0) is 7.40. The second-order valence-corrected chi connectivity index (χ2v) is 4.92. The van der Waals surface area contributed by atoms with Gasteiger partial charge in [0.05, 0.1) is 5.84 Å². The summed E-state index contributed by atoms with van der Waals surface area (Å²) < 4.78 is 0. The fourth-order valence-corrected chi connectivity index (χ4v) is 2.84. The van der Waals surface area contributed by atoms with Gasteiger partial charge in [-0.3, -0.25) is 5.41 Å². The number of hydrogen-bond donors (Lipinski definition) is 1. The van der Waals surface area contributed by atoms with Crippen LogP contribution in [0, 0.1) is 5.41 Å². The second-order valence-electron chi connectivity index (χ2n) is 2.22. The van der Waals surface area contributed by atoms with Gasteiger partial charge in [0.15, 0.2) is 0 Å². The molecule has 0 amide bonds. The predicted octanol–water partition coefficient (Wildman–Crippen LogP) is 1.68. The Balaban J connectivity index is 2.35. The molecule has 1 aliphatic heterocycles. The number of rotatable bonds is 0. The normalized spacial score (nSPS) is 20.3. The van der Waals surface area contributed by atoms with Crippen LogP contribution in [-0.4, -0.2) is 35.3 Å². The van der Waals surface area contributed by atoms with Crippen molar-refractivity contribution >= 4 is 27.4 Å². The molecule has 1 fully saturated rings. The summed E-state index contributed by atoms with van der Waals surface area (Å²) in [5, 5.41) is 7.39. The lowest BCUT2D eigenvalue weighted by Crippen LogP contribution is -2.31. The predicted molar refractivity (Wildman–Crippen MR) is 49.9 cm³/mol. The van der Waals surface area contributed by atoms with Gasteiger partial charge in [0.1, 0.15) is 0 Å². The van der Waals surface area contributed by atoms with Gasteiger partial charge in [-0.2, -0.15) is 0 Å². The summed E-state index contributed by atoms with van der Waals surface area (Å²) in [5.74, 6) is 3.02. The van der Waals surface area contributed by atoms with E-state index in [-0.39, 0.29) is 0 Å². The van der Waals surface area contributed by atoms with E-state index in [0.717, 1.165) is 24.6 Å². The van der Waals surface area contributed by atoms with Gasteiger partial charge in [0.2, 0.25) is 0 Å². The lowest BCUT2D eigenvalue weighted by Gasteiger charge is -2.19. The Morgan fingerprint density at radius 1 is 1.30 bits per heavy atom. The maximum atomic E-state index is 7.39. The third kappa shape index (κ3) is 2.42. The van der Waals surface area contributed by atoms with Crippen LogP contribution in [0.25, 0.3) is 0 Å². The molecule has 0 unspecified atom stereocenters. The summed E-state index contributed by atoms with van der Waals surface area (Å²) in [6.45, 7) is 3.96. The molecule has 4 heteroatoms. The van der Waals surface area contributed by atoms with E-state index in [9.17, 15) is 0 Å². The minimum atomic E-state index is 0.711. The summed E-state index contributed by atoms with van der Waals surface area (Å²) in [7, 11) is 3.83. The number of hydrogen-bond acceptors (Lipinski definition) is 3. The zero-order valence-electron chi connectivity index (χ0n) is 6.09. The molecule has 0 bridgehead atoms. The Bertz CT molecular complexity index is 119. The maximum Gasteiger partial charge on any atom is 0.0926 e. The summed E-state index contributed by atoms with van der Waals surface area (Å²) in [5.41, 5.74) is 0. The van der Waals surface area contributed by atoms with Crippen LogP contribution in [0.2, 0.25) is 0 Å². The Morgan fingerprint density at radius 2 is 1.80 bits per heavy atom. The van der Waals surface area contributed by atoms with Gasteiger partial charge in [-0.15, -0.1) is 0 Å². The van der Waals surface area contributed by atoms with Crippen molar-refractivity contribution in [1.82, 2.24) is 4.90 Å². The molecule has 1 saturated heterocycles. The van der Waals surface area contributed by atoms with Crippen LogP contribution in [0.4, 0.5) is 0 Å². The number of nitrogens with zero attached hydrogens (tertiary/aromatic N) is 1. The second kappa shape index (κ2) is 4.13. The third-order valence-corrected chi connectivity index (χ3v) is 3.81. The molecule has 0 saturated carbocycles. The molecule has 0 aliphatic carbocycles. The highest BCUT2D eigenvalue weighted by atomic mass is 33.1. The Kier molecular flexibility index (Phi) is 3.42. The Labute approximate surface area is 69.6 Å². The Hall–Kier alpha value is 0.170. The van der Waals surface area contributed by atoms with Crippen LogP contribution in [0.15, 0.2) is 0 Å². The van der Waals surface area contributed by atoms with Crippen LogP contribution >= 0.6 is 21.6 Å². The average Bonchev–Trinajstić information content (AvgIpc) is 2.12. The van der Waals surface area contributed by atoms with Gasteiger partial charge in [0, 0.05) is 24.6 Å². The molecule has 58 valence electrons. The molecule has 1 aliphatic rings.